The first-order valence-corrected chi connectivity index (χ1v) is 7.21. The summed E-state index contributed by atoms with van der Waals surface area (Å²) in [5.74, 6) is 0.983. The molecular weight excluding hydrogens is 272 g/mol. The maximum absolute atomic E-state index is 11.5. The fourth-order valence-electron chi connectivity index (χ4n) is 2.63. The molecule has 0 unspecified atom stereocenters. The molecule has 114 valence electrons. The van der Waals surface area contributed by atoms with Crippen LogP contribution in [-0.4, -0.2) is 73.9 Å². The Kier molecular flexibility index (Phi) is 4.31. The monoisotopic (exact) mass is 292 g/mol. The number of piperazine rings is 1. The normalized spacial score (nSPS) is 20.1. The van der Waals surface area contributed by atoms with Gasteiger partial charge in [0.1, 0.15) is 5.82 Å². The van der Waals surface area contributed by atoms with E-state index in [1.54, 1.807) is 6.20 Å². The van der Waals surface area contributed by atoms with Crippen LogP contribution in [0.15, 0.2) is 12.4 Å². The molecule has 21 heavy (non-hydrogen) atoms. The van der Waals surface area contributed by atoms with E-state index in [1.807, 2.05) is 0 Å². The Morgan fingerprint density at radius 3 is 2.71 bits per heavy atom. The van der Waals surface area contributed by atoms with Gasteiger partial charge in [-0.05, 0) is 0 Å². The number of ether oxygens (including phenoxy) is 2. The van der Waals surface area contributed by atoms with Crippen LogP contribution >= 0.6 is 0 Å². The molecule has 3 rings (SSSR count). The number of nitrogens with zero attached hydrogens (tertiary/aromatic N) is 4. The summed E-state index contributed by atoms with van der Waals surface area (Å²) in [4.78, 5) is 24.5. The summed E-state index contributed by atoms with van der Waals surface area (Å²) in [6.45, 7) is 6.70. The van der Waals surface area contributed by atoms with Crippen molar-refractivity contribution in [1.82, 2.24) is 14.9 Å². The molecule has 0 saturated carbocycles. The van der Waals surface area contributed by atoms with Crippen LogP contribution in [0.5, 0.6) is 0 Å². The molecule has 2 aliphatic heterocycles. The van der Waals surface area contributed by atoms with Crippen molar-refractivity contribution in [2.45, 2.75) is 0 Å². The van der Waals surface area contributed by atoms with Crippen LogP contribution in [0, 0.1) is 5.92 Å². The summed E-state index contributed by atoms with van der Waals surface area (Å²) in [6.07, 6.45) is 3.13. The van der Waals surface area contributed by atoms with E-state index in [-0.39, 0.29) is 5.69 Å². The minimum Gasteiger partial charge on any atom is -0.464 e. The van der Waals surface area contributed by atoms with E-state index in [9.17, 15) is 4.79 Å². The molecule has 7 heteroatoms. The van der Waals surface area contributed by atoms with E-state index in [4.69, 9.17) is 4.74 Å². The highest BCUT2D eigenvalue weighted by Gasteiger charge is 2.25. The highest BCUT2D eigenvalue weighted by molar-refractivity contribution is 5.87. The van der Waals surface area contributed by atoms with Crippen molar-refractivity contribution in [2.24, 2.45) is 5.92 Å². The fourth-order valence-corrected chi connectivity index (χ4v) is 2.63. The van der Waals surface area contributed by atoms with Gasteiger partial charge in [-0.25, -0.2) is 9.78 Å². The first kappa shape index (κ1) is 14.2. The minimum atomic E-state index is -0.451. The lowest BCUT2D eigenvalue weighted by atomic mass is 10.1. The van der Waals surface area contributed by atoms with Crippen LogP contribution in [0.3, 0.4) is 0 Å². The topological polar surface area (TPSA) is 67.8 Å². The summed E-state index contributed by atoms with van der Waals surface area (Å²) in [5.41, 5.74) is 0.254. The molecule has 1 aromatic heterocycles. The van der Waals surface area contributed by atoms with Gasteiger partial charge in [-0.15, -0.1) is 0 Å². The molecule has 0 bridgehead atoms. The molecule has 7 nitrogen and oxygen atoms in total. The zero-order valence-electron chi connectivity index (χ0n) is 12.2. The summed E-state index contributed by atoms with van der Waals surface area (Å²) in [5, 5.41) is 0. The number of hydrogen-bond donors (Lipinski definition) is 0. The van der Waals surface area contributed by atoms with Crippen LogP contribution < -0.4 is 4.90 Å². The molecule has 2 fully saturated rings. The number of aromatic nitrogens is 2. The van der Waals surface area contributed by atoms with Crippen molar-refractivity contribution < 1.29 is 14.3 Å². The van der Waals surface area contributed by atoms with Crippen molar-refractivity contribution in [2.75, 3.05) is 57.9 Å². The zero-order valence-corrected chi connectivity index (χ0v) is 12.2. The average molecular weight is 292 g/mol. The average Bonchev–Trinajstić information content (AvgIpc) is 2.51. The molecule has 0 aromatic carbocycles. The van der Waals surface area contributed by atoms with E-state index in [0.29, 0.717) is 5.92 Å². The summed E-state index contributed by atoms with van der Waals surface area (Å²) in [7, 11) is 1.35. The second-order valence-electron chi connectivity index (χ2n) is 5.45. The fraction of sp³-hybridized carbons (Fsp3) is 0.643. The Balaban J connectivity index is 1.57. The lowest BCUT2D eigenvalue weighted by Gasteiger charge is -2.38. The number of hydrogen-bond acceptors (Lipinski definition) is 7. The third kappa shape index (κ3) is 3.30. The van der Waals surface area contributed by atoms with Crippen molar-refractivity contribution in [3.05, 3.63) is 18.1 Å². The number of rotatable bonds is 4. The lowest BCUT2D eigenvalue weighted by Crippen LogP contribution is -2.50. The Morgan fingerprint density at radius 2 is 2.10 bits per heavy atom. The quantitative estimate of drug-likeness (QED) is 0.725. The van der Waals surface area contributed by atoms with Crippen LogP contribution in [0.25, 0.3) is 0 Å². The van der Waals surface area contributed by atoms with Gasteiger partial charge in [0.2, 0.25) is 0 Å². The minimum absolute atomic E-state index is 0.254. The van der Waals surface area contributed by atoms with Crippen LogP contribution in [0.4, 0.5) is 5.82 Å². The number of carbonyl (C=O) groups is 1. The molecule has 2 saturated heterocycles. The van der Waals surface area contributed by atoms with E-state index >= 15 is 0 Å². The van der Waals surface area contributed by atoms with Gasteiger partial charge < -0.3 is 14.4 Å². The molecule has 0 atom stereocenters. The standard InChI is InChI=1S/C14H20N4O3/c1-20-14(19)12-6-15-7-13(16-12)18-4-2-17(3-5-18)8-11-9-21-10-11/h6-7,11H,2-5,8-10H2,1H3. The third-order valence-corrected chi connectivity index (χ3v) is 3.94. The zero-order chi connectivity index (χ0) is 14.7. The lowest BCUT2D eigenvalue weighted by molar-refractivity contribution is -0.0469. The van der Waals surface area contributed by atoms with Crippen LogP contribution in [0.2, 0.25) is 0 Å². The Labute approximate surface area is 123 Å². The first-order valence-electron chi connectivity index (χ1n) is 7.21. The molecular formula is C14H20N4O3. The van der Waals surface area contributed by atoms with E-state index in [1.165, 1.54) is 13.3 Å². The highest BCUT2D eigenvalue weighted by atomic mass is 16.5. The van der Waals surface area contributed by atoms with E-state index in [2.05, 4.69) is 24.5 Å². The second-order valence-corrected chi connectivity index (χ2v) is 5.45. The smallest absolute Gasteiger partial charge is 0.358 e. The van der Waals surface area contributed by atoms with Gasteiger partial charge >= 0.3 is 5.97 Å². The van der Waals surface area contributed by atoms with Gasteiger partial charge in [0, 0.05) is 38.6 Å². The van der Waals surface area contributed by atoms with E-state index in [0.717, 1.165) is 51.8 Å². The summed E-state index contributed by atoms with van der Waals surface area (Å²) in [6, 6.07) is 0. The largest absolute Gasteiger partial charge is 0.464 e. The molecule has 0 N–H and O–H groups in total. The van der Waals surface area contributed by atoms with Crippen molar-refractivity contribution in [1.29, 1.82) is 0 Å². The van der Waals surface area contributed by atoms with Crippen LogP contribution in [-0.2, 0) is 9.47 Å². The molecule has 1 aromatic rings. The van der Waals surface area contributed by atoms with Gasteiger partial charge in [0.25, 0.3) is 0 Å². The molecule has 0 spiro atoms. The Hall–Kier alpha value is -1.73. The maximum atomic E-state index is 11.5. The van der Waals surface area contributed by atoms with Gasteiger partial charge in [-0.1, -0.05) is 0 Å². The molecule has 0 radical (unpaired) electrons. The highest BCUT2D eigenvalue weighted by Crippen LogP contribution is 2.16. The first-order chi connectivity index (χ1) is 10.3. The number of anilines is 1. The SMILES string of the molecule is COC(=O)c1cncc(N2CCN(CC3COC3)CC2)n1. The van der Waals surface area contributed by atoms with Gasteiger partial charge in [-0.2, -0.15) is 0 Å². The number of esters is 1. The molecule has 0 amide bonds. The predicted octanol–water partition coefficient (Wildman–Crippen LogP) is 0.0316. The summed E-state index contributed by atoms with van der Waals surface area (Å²) < 4.78 is 9.89. The van der Waals surface area contributed by atoms with E-state index < -0.39 is 5.97 Å². The number of methoxy groups -OCH3 is 1. The van der Waals surface area contributed by atoms with Gasteiger partial charge in [0.15, 0.2) is 5.69 Å². The second kappa shape index (κ2) is 6.36. The maximum Gasteiger partial charge on any atom is 0.358 e. The van der Waals surface area contributed by atoms with Crippen LogP contribution in [0.1, 0.15) is 10.5 Å². The van der Waals surface area contributed by atoms with Crippen molar-refractivity contribution in [3.63, 3.8) is 0 Å². The van der Waals surface area contributed by atoms with Gasteiger partial charge in [-0.3, -0.25) is 9.88 Å². The molecule has 2 aliphatic rings. The Morgan fingerprint density at radius 1 is 1.33 bits per heavy atom. The van der Waals surface area contributed by atoms with Crippen molar-refractivity contribution >= 4 is 11.8 Å². The molecule has 0 aliphatic carbocycles. The molecule has 3 heterocycles. The predicted molar refractivity (Wildman–Crippen MR) is 76.3 cm³/mol. The third-order valence-electron chi connectivity index (χ3n) is 3.94. The number of carbonyl (C=O) groups excluding carboxylic acids is 1. The van der Waals surface area contributed by atoms with Crippen molar-refractivity contribution in [3.8, 4) is 0 Å². The summed E-state index contributed by atoms with van der Waals surface area (Å²) >= 11 is 0. The van der Waals surface area contributed by atoms with Gasteiger partial charge in [0.05, 0.1) is 32.7 Å². The Bertz CT molecular complexity index is 499.